The zero-order valence-corrected chi connectivity index (χ0v) is 16.0. The fourth-order valence-corrected chi connectivity index (χ4v) is 3.15. The van der Waals surface area contributed by atoms with E-state index in [0.717, 1.165) is 11.1 Å². The molecule has 1 fully saturated rings. The molecule has 0 unspecified atom stereocenters. The van der Waals surface area contributed by atoms with Gasteiger partial charge >= 0.3 is 0 Å². The van der Waals surface area contributed by atoms with E-state index in [1.807, 2.05) is 23.1 Å². The maximum Gasteiger partial charge on any atom is 0.191 e. The Bertz CT molecular complexity index is 807. The maximum absolute atomic E-state index is 14.5. The first-order valence-corrected chi connectivity index (χ1v) is 9.46. The van der Waals surface area contributed by atoms with E-state index >= 15 is 0 Å². The Morgan fingerprint density at radius 1 is 1.07 bits per heavy atom. The van der Waals surface area contributed by atoms with E-state index in [0.29, 0.717) is 57.5 Å². The number of guanidine groups is 1. The lowest BCUT2D eigenvalue weighted by atomic mass is 10.1. The molecule has 0 radical (unpaired) electrons. The van der Waals surface area contributed by atoms with E-state index in [-0.39, 0.29) is 11.6 Å². The molecule has 5 nitrogen and oxygen atoms in total. The molecule has 7 heteroatoms. The Balaban J connectivity index is 1.48. The minimum Gasteiger partial charge on any atom is -0.378 e. The van der Waals surface area contributed by atoms with Crippen LogP contribution in [-0.4, -0.2) is 45.9 Å². The van der Waals surface area contributed by atoms with Crippen LogP contribution in [0.3, 0.4) is 0 Å². The molecule has 3 rings (SSSR count). The SMILES string of the molecule is CN=C(NCCc1cccc(F)c1)NCc1ccc(N2CCOCC2)c(F)c1. The molecule has 1 aliphatic rings. The van der Waals surface area contributed by atoms with Crippen LogP contribution in [0, 0.1) is 11.6 Å². The largest absolute Gasteiger partial charge is 0.378 e. The molecule has 1 saturated heterocycles. The Hall–Kier alpha value is -2.67. The molecule has 2 aromatic carbocycles. The second-order valence-corrected chi connectivity index (χ2v) is 6.62. The van der Waals surface area contributed by atoms with E-state index in [2.05, 4.69) is 15.6 Å². The normalized spacial score (nSPS) is 14.8. The molecule has 0 spiro atoms. The molecule has 1 aliphatic heterocycles. The number of nitrogens with one attached hydrogen (secondary N) is 2. The molecule has 2 aromatic rings. The van der Waals surface area contributed by atoms with E-state index in [9.17, 15) is 8.78 Å². The first-order valence-electron chi connectivity index (χ1n) is 9.46. The Morgan fingerprint density at radius 2 is 1.89 bits per heavy atom. The van der Waals surface area contributed by atoms with Crippen molar-refractivity contribution in [2.45, 2.75) is 13.0 Å². The van der Waals surface area contributed by atoms with Gasteiger partial charge in [0.25, 0.3) is 0 Å². The second kappa shape index (κ2) is 10.0. The average molecular weight is 388 g/mol. The van der Waals surface area contributed by atoms with Gasteiger partial charge in [-0.15, -0.1) is 0 Å². The summed E-state index contributed by atoms with van der Waals surface area (Å²) in [7, 11) is 1.68. The molecule has 1 heterocycles. The Kier molecular flexibility index (Phi) is 7.19. The number of ether oxygens (including phenoxy) is 1. The van der Waals surface area contributed by atoms with E-state index in [1.54, 1.807) is 19.2 Å². The lowest BCUT2D eigenvalue weighted by Crippen LogP contribution is -2.38. The van der Waals surface area contributed by atoms with Crippen molar-refractivity contribution in [2.75, 3.05) is 44.8 Å². The standard InChI is InChI=1S/C21H26F2N4O/c1-24-21(25-8-7-16-3-2-4-18(22)13-16)26-15-17-5-6-20(19(23)14-17)27-9-11-28-12-10-27/h2-6,13-14H,7-12,15H2,1H3,(H2,24,25,26). The first-order chi connectivity index (χ1) is 13.7. The molecular weight excluding hydrogens is 362 g/mol. The van der Waals surface area contributed by atoms with Crippen LogP contribution in [0.5, 0.6) is 0 Å². The van der Waals surface area contributed by atoms with Gasteiger partial charge in [-0.05, 0) is 41.8 Å². The average Bonchev–Trinajstić information content (AvgIpc) is 2.71. The lowest BCUT2D eigenvalue weighted by Gasteiger charge is -2.29. The summed E-state index contributed by atoms with van der Waals surface area (Å²) in [5, 5.41) is 6.36. The van der Waals surface area contributed by atoms with Gasteiger partial charge in [0.2, 0.25) is 0 Å². The summed E-state index contributed by atoms with van der Waals surface area (Å²) in [6, 6.07) is 11.8. The summed E-state index contributed by atoms with van der Waals surface area (Å²) in [6.45, 7) is 3.74. The zero-order valence-electron chi connectivity index (χ0n) is 16.0. The zero-order chi connectivity index (χ0) is 19.8. The highest BCUT2D eigenvalue weighted by Crippen LogP contribution is 2.21. The third kappa shape index (κ3) is 5.66. The summed E-state index contributed by atoms with van der Waals surface area (Å²) < 4.78 is 33.0. The van der Waals surface area contributed by atoms with Crippen molar-refractivity contribution in [1.29, 1.82) is 0 Å². The van der Waals surface area contributed by atoms with Crippen molar-refractivity contribution < 1.29 is 13.5 Å². The van der Waals surface area contributed by atoms with Crippen LogP contribution in [0.15, 0.2) is 47.5 Å². The highest BCUT2D eigenvalue weighted by molar-refractivity contribution is 5.79. The molecule has 0 bridgehead atoms. The van der Waals surface area contributed by atoms with Crippen molar-refractivity contribution in [2.24, 2.45) is 4.99 Å². The third-order valence-corrected chi connectivity index (χ3v) is 4.64. The summed E-state index contributed by atoms with van der Waals surface area (Å²) in [6.07, 6.45) is 0.682. The third-order valence-electron chi connectivity index (χ3n) is 4.64. The lowest BCUT2D eigenvalue weighted by molar-refractivity contribution is 0.122. The smallest absolute Gasteiger partial charge is 0.191 e. The molecule has 0 amide bonds. The fourth-order valence-electron chi connectivity index (χ4n) is 3.15. The van der Waals surface area contributed by atoms with Crippen LogP contribution in [0.25, 0.3) is 0 Å². The van der Waals surface area contributed by atoms with Gasteiger partial charge in [0.15, 0.2) is 5.96 Å². The van der Waals surface area contributed by atoms with Gasteiger partial charge in [-0.2, -0.15) is 0 Å². The van der Waals surface area contributed by atoms with Crippen LogP contribution in [-0.2, 0) is 17.7 Å². The van der Waals surface area contributed by atoms with Crippen LogP contribution in [0.1, 0.15) is 11.1 Å². The summed E-state index contributed by atoms with van der Waals surface area (Å²) >= 11 is 0. The van der Waals surface area contributed by atoms with Crippen molar-refractivity contribution in [3.8, 4) is 0 Å². The van der Waals surface area contributed by atoms with Gasteiger partial charge in [-0.3, -0.25) is 4.99 Å². The second-order valence-electron chi connectivity index (χ2n) is 6.62. The highest BCUT2D eigenvalue weighted by Gasteiger charge is 2.15. The first kappa shape index (κ1) is 20.1. The van der Waals surface area contributed by atoms with E-state index in [4.69, 9.17) is 4.74 Å². The number of hydrogen-bond acceptors (Lipinski definition) is 3. The highest BCUT2D eigenvalue weighted by atomic mass is 19.1. The van der Waals surface area contributed by atoms with Crippen LogP contribution in [0.4, 0.5) is 14.5 Å². The molecular formula is C21H26F2N4O. The maximum atomic E-state index is 14.5. The van der Waals surface area contributed by atoms with Crippen LogP contribution < -0.4 is 15.5 Å². The van der Waals surface area contributed by atoms with Crippen LogP contribution >= 0.6 is 0 Å². The predicted molar refractivity (Wildman–Crippen MR) is 108 cm³/mol. The Labute approximate surface area is 164 Å². The number of rotatable bonds is 6. The van der Waals surface area contributed by atoms with Crippen molar-refractivity contribution in [3.05, 3.63) is 65.2 Å². The molecule has 0 saturated carbocycles. The van der Waals surface area contributed by atoms with Crippen molar-refractivity contribution >= 4 is 11.6 Å². The number of benzene rings is 2. The number of hydrogen-bond donors (Lipinski definition) is 2. The van der Waals surface area contributed by atoms with Gasteiger partial charge in [0.1, 0.15) is 11.6 Å². The topological polar surface area (TPSA) is 48.9 Å². The molecule has 2 N–H and O–H groups in total. The number of nitrogens with zero attached hydrogens (tertiary/aromatic N) is 2. The molecule has 150 valence electrons. The number of halogens is 2. The number of morpholine rings is 1. The monoisotopic (exact) mass is 388 g/mol. The molecule has 0 aromatic heterocycles. The van der Waals surface area contributed by atoms with E-state index < -0.39 is 0 Å². The molecule has 0 aliphatic carbocycles. The Morgan fingerprint density at radius 3 is 2.61 bits per heavy atom. The minimum absolute atomic E-state index is 0.227. The number of anilines is 1. The quantitative estimate of drug-likeness (QED) is 0.590. The van der Waals surface area contributed by atoms with Crippen molar-refractivity contribution in [1.82, 2.24) is 10.6 Å². The van der Waals surface area contributed by atoms with Gasteiger partial charge in [-0.25, -0.2) is 8.78 Å². The predicted octanol–water partition coefficient (Wildman–Crippen LogP) is 2.71. The summed E-state index contributed by atoms with van der Waals surface area (Å²) in [5.41, 5.74) is 2.37. The van der Waals surface area contributed by atoms with Gasteiger partial charge in [-0.1, -0.05) is 18.2 Å². The van der Waals surface area contributed by atoms with Gasteiger partial charge < -0.3 is 20.3 Å². The van der Waals surface area contributed by atoms with E-state index in [1.165, 1.54) is 12.1 Å². The molecule has 0 atom stereocenters. The van der Waals surface area contributed by atoms with Crippen LogP contribution in [0.2, 0.25) is 0 Å². The summed E-state index contributed by atoms with van der Waals surface area (Å²) in [5.74, 6) is 0.159. The summed E-state index contributed by atoms with van der Waals surface area (Å²) in [4.78, 5) is 6.17. The van der Waals surface area contributed by atoms with Crippen molar-refractivity contribution in [3.63, 3.8) is 0 Å². The number of aliphatic imine (C=N–C) groups is 1. The fraction of sp³-hybridized carbons (Fsp3) is 0.381. The minimum atomic E-state index is -0.234. The van der Waals surface area contributed by atoms with Gasteiger partial charge in [0, 0.05) is 33.2 Å². The van der Waals surface area contributed by atoms with Gasteiger partial charge in [0.05, 0.1) is 18.9 Å². The molecule has 28 heavy (non-hydrogen) atoms.